The van der Waals surface area contributed by atoms with Crippen molar-refractivity contribution in [3.8, 4) is 0 Å². The minimum absolute atomic E-state index is 0.0575. The molecule has 112 valence electrons. The Morgan fingerprint density at radius 3 is 2.50 bits per heavy atom. The molecule has 3 heteroatoms. The average molecular weight is 343 g/mol. The molecule has 20 heavy (non-hydrogen) atoms. The van der Waals surface area contributed by atoms with Crippen LogP contribution in [0.5, 0.6) is 0 Å². The molecule has 1 nitrogen and oxygen atoms in total. The molecule has 0 radical (unpaired) electrons. The molecule has 1 N–H and O–H groups in total. The molecule has 1 aliphatic rings. The molecule has 1 fully saturated rings. The summed E-state index contributed by atoms with van der Waals surface area (Å²) in [5, 5.41) is 10.8. The maximum atomic E-state index is 13.1. The van der Waals surface area contributed by atoms with Crippen molar-refractivity contribution in [3.05, 3.63) is 34.1 Å². The molecule has 0 bridgehead atoms. The number of hydrogen-bond donors (Lipinski definition) is 1. The molecule has 0 heterocycles. The van der Waals surface area contributed by atoms with Crippen LogP contribution in [-0.4, -0.2) is 11.2 Å². The summed E-state index contributed by atoms with van der Waals surface area (Å²) in [6.45, 7) is 4.45. The molecule has 1 aromatic carbocycles. The van der Waals surface area contributed by atoms with Crippen molar-refractivity contribution >= 4 is 15.9 Å². The van der Waals surface area contributed by atoms with Gasteiger partial charge in [-0.25, -0.2) is 4.39 Å². The molecule has 1 unspecified atom stereocenters. The molecular formula is C17H24BrFO. The second-order valence-corrected chi connectivity index (χ2v) is 7.48. The zero-order valence-electron chi connectivity index (χ0n) is 12.3. The standard InChI is InChI=1S/C17H24BrFO/c1-12(2)11-17(7-3-4-8-17)16(20)9-13-5-6-14(19)10-15(13)18/h5-6,10,12,16,20H,3-4,7-9,11H2,1-2H3. The van der Waals surface area contributed by atoms with E-state index in [-0.39, 0.29) is 17.3 Å². The van der Waals surface area contributed by atoms with Crippen LogP contribution >= 0.6 is 15.9 Å². The van der Waals surface area contributed by atoms with Gasteiger partial charge in [0.1, 0.15) is 5.82 Å². The first-order valence-electron chi connectivity index (χ1n) is 7.55. The Bertz CT molecular complexity index is 452. The van der Waals surface area contributed by atoms with E-state index in [4.69, 9.17) is 0 Å². The summed E-state index contributed by atoms with van der Waals surface area (Å²) < 4.78 is 13.9. The second kappa shape index (κ2) is 6.57. The summed E-state index contributed by atoms with van der Waals surface area (Å²) in [5.74, 6) is 0.354. The minimum atomic E-state index is -0.339. The Labute approximate surface area is 129 Å². The highest BCUT2D eigenvalue weighted by Crippen LogP contribution is 2.47. The van der Waals surface area contributed by atoms with Gasteiger partial charge in [0, 0.05) is 10.9 Å². The predicted molar refractivity (Wildman–Crippen MR) is 84.2 cm³/mol. The van der Waals surface area contributed by atoms with Crippen molar-refractivity contribution in [2.75, 3.05) is 0 Å². The molecule has 1 aliphatic carbocycles. The smallest absolute Gasteiger partial charge is 0.124 e. The Balaban J connectivity index is 2.14. The lowest BCUT2D eigenvalue weighted by Crippen LogP contribution is -2.35. The Kier molecular flexibility index (Phi) is 5.25. The molecule has 2 rings (SSSR count). The fourth-order valence-corrected chi connectivity index (χ4v) is 4.19. The van der Waals surface area contributed by atoms with E-state index in [1.54, 1.807) is 6.07 Å². The van der Waals surface area contributed by atoms with Gasteiger partial charge in [-0.05, 0) is 48.3 Å². The van der Waals surface area contributed by atoms with E-state index in [9.17, 15) is 9.50 Å². The predicted octanol–water partition coefficient (Wildman–Crippen LogP) is 5.10. The number of aliphatic hydroxyl groups excluding tert-OH is 1. The first-order chi connectivity index (χ1) is 9.43. The first-order valence-corrected chi connectivity index (χ1v) is 8.34. The summed E-state index contributed by atoms with van der Waals surface area (Å²) in [5.41, 5.74) is 1.05. The quantitative estimate of drug-likeness (QED) is 0.789. The van der Waals surface area contributed by atoms with Gasteiger partial charge in [0.25, 0.3) is 0 Å². The zero-order chi connectivity index (χ0) is 14.8. The van der Waals surface area contributed by atoms with E-state index in [0.29, 0.717) is 12.3 Å². The van der Waals surface area contributed by atoms with Crippen LogP contribution in [0.25, 0.3) is 0 Å². The summed E-state index contributed by atoms with van der Waals surface area (Å²) in [6.07, 6.45) is 6.01. The fourth-order valence-electron chi connectivity index (χ4n) is 3.68. The van der Waals surface area contributed by atoms with Crippen molar-refractivity contribution < 1.29 is 9.50 Å². The van der Waals surface area contributed by atoms with Gasteiger partial charge in [-0.3, -0.25) is 0 Å². The number of aliphatic hydroxyl groups is 1. The Morgan fingerprint density at radius 1 is 1.30 bits per heavy atom. The molecule has 0 aliphatic heterocycles. The van der Waals surface area contributed by atoms with E-state index in [0.717, 1.165) is 29.3 Å². The van der Waals surface area contributed by atoms with Crippen molar-refractivity contribution in [3.63, 3.8) is 0 Å². The van der Waals surface area contributed by atoms with Crippen LogP contribution in [0.1, 0.15) is 51.5 Å². The lowest BCUT2D eigenvalue weighted by Gasteiger charge is -2.36. The molecule has 0 amide bonds. The second-order valence-electron chi connectivity index (χ2n) is 6.62. The minimum Gasteiger partial charge on any atom is -0.392 e. The highest BCUT2D eigenvalue weighted by Gasteiger charge is 2.40. The van der Waals surface area contributed by atoms with E-state index in [1.807, 2.05) is 0 Å². The van der Waals surface area contributed by atoms with Crippen molar-refractivity contribution in [1.29, 1.82) is 0 Å². The summed E-state index contributed by atoms with van der Waals surface area (Å²) >= 11 is 3.40. The molecule has 1 saturated carbocycles. The van der Waals surface area contributed by atoms with Crippen molar-refractivity contribution in [1.82, 2.24) is 0 Å². The molecule has 0 aromatic heterocycles. The number of hydrogen-bond acceptors (Lipinski definition) is 1. The van der Waals surface area contributed by atoms with Gasteiger partial charge < -0.3 is 5.11 Å². The number of halogens is 2. The third kappa shape index (κ3) is 3.62. The normalized spacial score (nSPS) is 19.5. The van der Waals surface area contributed by atoms with Gasteiger partial charge >= 0.3 is 0 Å². The maximum absolute atomic E-state index is 13.1. The van der Waals surface area contributed by atoms with Crippen LogP contribution in [0.2, 0.25) is 0 Å². The highest BCUT2D eigenvalue weighted by molar-refractivity contribution is 9.10. The summed E-state index contributed by atoms with van der Waals surface area (Å²) in [7, 11) is 0. The van der Waals surface area contributed by atoms with Crippen molar-refractivity contribution in [2.45, 2.75) is 58.5 Å². The molecule has 1 aromatic rings. The lowest BCUT2D eigenvalue weighted by molar-refractivity contribution is 0.0132. The van der Waals surface area contributed by atoms with Crippen LogP contribution in [0.3, 0.4) is 0 Å². The van der Waals surface area contributed by atoms with Crippen LogP contribution in [-0.2, 0) is 6.42 Å². The van der Waals surface area contributed by atoms with Crippen LogP contribution in [0, 0.1) is 17.2 Å². The number of rotatable bonds is 5. The fraction of sp³-hybridized carbons (Fsp3) is 0.647. The topological polar surface area (TPSA) is 20.2 Å². The zero-order valence-corrected chi connectivity index (χ0v) is 13.9. The molecular weight excluding hydrogens is 319 g/mol. The Morgan fingerprint density at radius 2 is 1.95 bits per heavy atom. The van der Waals surface area contributed by atoms with E-state index in [1.165, 1.54) is 25.0 Å². The lowest BCUT2D eigenvalue weighted by atomic mass is 9.72. The number of benzene rings is 1. The van der Waals surface area contributed by atoms with Crippen LogP contribution < -0.4 is 0 Å². The van der Waals surface area contributed by atoms with Gasteiger partial charge in [0.05, 0.1) is 6.10 Å². The monoisotopic (exact) mass is 342 g/mol. The average Bonchev–Trinajstić information content (AvgIpc) is 2.81. The highest BCUT2D eigenvalue weighted by atomic mass is 79.9. The van der Waals surface area contributed by atoms with Crippen LogP contribution in [0.15, 0.2) is 22.7 Å². The van der Waals surface area contributed by atoms with Gasteiger partial charge in [-0.15, -0.1) is 0 Å². The van der Waals surface area contributed by atoms with Crippen molar-refractivity contribution in [2.24, 2.45) is 11.3 Å². The van der Waals surface area contributed by atoms with Gasteiger partial charge in [0.15, 0.2) is 0 Å². The molecule has 0 spiro atoms. The van der Waals surface area contributed by atoms with E-state index in [2.05, 4.69) is 29.8 Å². The molecule has 0 saturated heterocycles. The van der Waals surface area contributed by atoms with E-state index < -0.39 is 0 Å². The van der Waals surface area contributed by atoms with E-state index >= 15 is 0 Å². The third-order valence-corrected chi connectivity index (χ3v) is 5.29. The SMILES string of the molecule is CC(C)CC1(C(O)Cc2ccc(F)cc2Br)CCCC1. The largest absolute Gasteiger partial charge is 0.392 e. The van der Waals surface area contributed by atoms with Gasteiger partial charge in [0.2, 0.25) is 0 Å². The summed E-state index contributed by atoms with van der Waals surface area (Å²) in [4.78, 5) is 0. The first kappa shape index (κ1) is 16.0. The Hall–Kier alpha value is -0.410. The molecule has 1 atom stereocenters. The third-order valence-electron chi connectivity index (χ3n) is 4.55. The summed E-state index contributed by atoms with van der Waals surface area (Å²) in [6, 6.07) is 4.73. The van der Waals surface area contributed by atoms with Gasteiger partial charge in [-0.2, -0.15) is 0 Å². The van der Waals surface area contributed by atoms with Crippen LogP contribution in [0.4, 0.5) is 4.39 Å². The van der Waals surface area contributed by atoms with Gasteiger partial charge in [-0.1, -0.05) is 48.7 Å². The maximum Gasteiger partial charge on any atom is 0.124 e.